The molecule has 0 radical (unpaired) electrons. The molecule has 32 heavy (non-hydrogen) atoms. The molecule has 8 nitrogen and oxygen atoms in total. The molecule has 0 bridgehead atoms. The van der Waals surface area contributed by atoms with Crippen molar-refractivity contribution >= 4 is 17.3 Å². The molecule has 1 atom stereocenters. The molecule has 0 N–H and O–H groups in total. The van der Waals surface area contributed by atoms with Gasteiger partial charge in [-0.3, -0.25) is 14.9 Å². The molecule has 3 rings (SSSR count). The van der Waals surface area contributed by atoms with E-state index in [2.05, 4.69) is 9.88 Å². The number of carbonyl (C=O) groups is 1. The average molecular weight is 442 g/mol. The van der Waals surface area contributed by atoms with Crippen molar-refractivity contribution in [1.82, 2.24) is 4.98 Å². The van der Waals surface area contributed by atoms with E-state index < -0.39 is 5.60 Å². The van der Waals surface area contributed by atoms with E-state index in [0.717, 1.165) is 19.4 Å². The first-order valence-electron chi connectivity index (χ1n) is 11.0. The Morgan fingerprint density at radius 1 is 1.28 bits per heavy atom. The summed E-state index contributed by atoms with van der Waals surface area (Å²) in [4.78, 5) is 29.8. The number of piperidine rings is 1. The average Bonchev–Trinajstić information content (AvgIpc) is 2.73. The van der Waals surface area contributed by atoms with Gasteiger partial charge < -0.3 is 14.4 Å². The molecule has 172 valence electrons. The largest absolute Gasteiger partial charge is 0.460 e. The van der Waals surface area contributed by atoms with Crippen molar-refractivity contribution in [2.24, 2.45) is 5.92 Å². The molecule has 0 amide bonds. The molecule has 0 unspecified atom stereocenters. The SMILES string of the molecule is Cc1c(Oc2ccccn2)ccc([N+](=O)[O-])c1N1CCC[C@@H](CCC(=O)OC(C)(C)C)C1. The molecule has 1 aliphatic heterocycles. The molecule has 1 aliphatic rings. The smallest absolute Gasteiger partial charge is 0.306 e. The summed E-state index contributed by atoms with van der Waals surface area (Å²) in [6.07, 6.45) is 4.57. The Bertz CT molecular complexity index is 956. The van der Waals surface area contributed by atoms with Gasteiger partial charge in [0.1, 0.15) is 17.0 Å². The molecule has 8 heteroatoms. The summed E-state index contributed by atoms with van der Waals surface area (Å²) >= 11 is 0. The van der Waals surface area contributed by atoms with E-state index in [-0.39, 0.29) is 22.5 Å². The first-order valence-corrected chi connectivity index (χ1v) is 11.0. The van der Waals surface area contributed by atoms with E-state index in [0.29, 0.717) is 42.3 Å². The third-order valence-electron chi connectivity index (χ3n) is 5.42. The number of hydrogen-bond donors (Lipinski definition) is 0. The van der Waals surface area contributed by atoms with E-state index in [1.807, 2.05) is 33.8 Å². The number of nitro benzene ring substituents is 1. The lowest BCUT2D eigenvalue weighted by atomic mass is 9.92. The van der Waals surface area contributed by atoms with Crippen molar-refractivity contribution in [2.75, 3.05) is 18.0 Å². The van der Waals surface area contributed by atoms with Gasteiger partial charge in [-0.2, -0.15) is 0 Å². The minimum atomic E-state index is -0.499. The van der Waals surface area contributed by atoms with Gasteiger partial charge in [0.2, 0.25) is 5.88 Å². The van der Waals surface area contributed by atoms with Gasteiger partial charge in [-0.15, -0.1) is 0 Å². The van der Waals surface area contributed by atoms with Gasteiger partial charge in [-0.05, 0) is 65.0 Å². The van der Waals surface area contributed by atoms with E-state index in [4.69, 9.17) is 9.47 Å². The van der Waals surface area contributed by atoms with Gasteiger partial charge in [0, 0.05) is 43.4 Å². The van der Waals surface area contributed by atoms with Crippen molar-refractivity contribution < 1.29 is 19.2 Å². The number of ether oxygens (including phenoxy) is 2. The van der Waals surface area contributed by atoms with Crippen LogP contribution in [0.15, 0.2) is 36.5 Å². The molecule has 0 aliphatic carbocycles. The predicted molar refractivity (Wildman–Crippen MR) is 122 cm³/mol. The van der Waals surface area contributed by atoms with Gasteiger partial charge in [0.15, 0.2) is 0 Å². The minimum absolute atomic E-state index is 0.0589. The zero-order valence-electron chi connectivity index (χ0n) is 19.2. The van der Waals surface area contributed by atoms with Crippen LogP contribution in [0.3, 0.4) is 0 Å². The van der Waals surface area contributed by atoms with Gasteiger partial charge in [-0.1, -0.05) is 6.07 Å². The number of nitrogens with zero attached hydrogens (tertiary/aromatic N) is 3. The van der Waals surface area contributed by atoms with Crippen LogP contribution in [0.25, 0.3) is 0 Å². The van der Waals surface area contributed by atoms with Crippen LogP contribution in [-0.2, 0) is 9.53 Å². The monoisotopic (exact) mass is 441 g/mol. The highest BCUT2D eigenvalue weighted by molar-refractivity contribution is 5.72. The second-order valence-electron chi connectivity index (χ2n) is 9.16. The highest BCUT2D eigenvalue weighted by atomic mass is 16.6. The molecule has 1 saturated heterocycles. The molecule has 1 fully saturated rings. The number of rotatable bonds is 7. The Hall–Kier alpha value is -3.16. The van der Waals surface area contributed by atoms with E-state index in [9.17, 15) is 14.9 Å². The fourth-order valence-electron chi connectivity index (χ4n) is 4.06. The lowest BCUT2D eigenvalue weighted by Crippen LogP contribution is -2.36. The molecular weight excluding hydrogens is 410 g/mol. The zero-order chi connectivity index (χ0) is 23.3. The van der Waals surface area contributed by atoms with Crippen LogP contribution in [0.5, 0.6) is 11.6 Å². The van der Waals surface area contributed by atoms with Gasteiger partial charge in [-0.25, -0.2) is 4.98 Å². The van der Waals surface area contributed by atoms with Crippen LogP contribution in [0.4, 0.5) is 11.4 Å². The normalized spacial score (nSPS) is 16.5. The van der Waals surface area contributed by atoms with Crippen LogP contribution < -0.4 is 9.64 Å². The van der Waals surface area contributed by atoms with Crippen LogP contribution >= 0.6 is 0 Å². The summed E-state index contributed by atoms with van der Waals surface area (Å²) in [5, 5.41) is 11.8. The second-order valence-corrected chi connectivity index (χ2v) is 9.16. The molecule has 2 aromatic rings. The highest BCUT2D eigenvalue weighted by Gasteiger charge is 2.29. The lowest BCUT2D eigenvalue weighted by Gasteiger charge is -2.35. The summed E-state index contributed by atoms with van der Waals surface area (Å²) in [5.41, 5.74) is 0.841. The Morgan fingerprint density at radius 3 is 2.72 bits per heavy atom. The fourth-order valence-corrected chi connectivity index (χ4v) is 4.06. The predicted octanol–water partition coefficient (Wildman–Crippen LogP) is 5.43. The maximum absolute atomic E-state index is 12.1. The third-order valence-corrected chi connectivity index (χ3v) is 5.42. The van der Waals surface area contributed by atoms with Gasteiger partial charge >= 0.3 is 5.97 Å². The Kier molecular flexibility index (Phi) is 7.33. The third kappa shape index (κ3) is 6.18. The summed E-state index contributed by atoms with van der Waals surface area (Å²) < 4.78 is 11.3. The van der Waals surface area contributed by atoms with Crippen LogP contribution in [0.1, 0.15) is 52.0 Å². The van der Waals surface area contributed by atoms with Crippen molar-refractivity contribution in [3.8, 4) is 11.6 Å². The second kappa shape index (κ2) is 9.97. The Balaban J connectivity index is 1.78. The highest BCUT2D eigenvalue weighted by Crippen LogP contribution is 2.40. The standard InChI is InChI=1S/C24H31N3O5/c1-17-20(31-21-9-5-6-14-25-21)12-11-19(27(29)30)23(17)26-15-7-8-18(16-26)10-13-22(28)32-24(2,3)4/h5-6,9,11-12,14,18H,7-8,10,13,15-16H2,1-4H3/t18-/m0/s1. The van der Waals surface area contributed by atoms with Gasteiger partial charge in [0.25, 0.3) is 5.69 Å². The summed E-state index contributed by atoms with van der Waals surface area (Å²) in [5.74, 6) is 1.03. The summed E-state index contributed by atoms with van der Waals surface area (Å²) in [7, 11) is 0. The molecule has 0 saturated carbocycles. The van der Waals surface area contributed by atoms with Crippen LogP contribution in [0, 0.1) is 23.0 Å². The minimum Gasteiger partial charge on any atom is -0.460 e. The van der Waals surface area contributed by atoms with E-state index >= 15 is 0 Å². The molecule has 1 aromatic carbocycles. The number of pyridine rings is 1. The van der Waals surface area contributed by atoms with E-state index in [1.165, 1.54) is 6.07 Å². The van der Waals surface area contributed by atoms with E-state index in [1.54, 1.807) is 24.4 Å². The van der Waals surface area contributed by atoms with Crippen molar-refractivity contribution in [3.63, 3.8) is 0 Å². The van der Waals surface area contributed by atoms with Gasteiger partial charge in [0.05, 0.1) is 4.92 Å². The van der Waals surface area contributed by atoms with Crippen molar-refractivity contribution in [2.45, 2.75) is 59.0 Å². The Morgan fingerprint density at radius 2 is 2.06 bits per heavy atom. The topological polar surface area (TPSA) is 94.8 Å². The van der Waals surface area contributed by atoms with Crippen LogP contribution in [0.2, 0.25) is 0 Å². The number of benzene rings is 1. The maximum Gasteiger partial charge on any atom is 0.306 e. The number of esters is 1. The summed E-state index contributed by atoms with van der Waals surface area (Å²) in [6, 6.07) is 8.48. The molecule has 1 aromatic heterocycles. The number of aromatic nitrogens is 1. The molecule has 0 spiro atoms. The number of anilines is 1. The van der Waals surface area contributed by atoms with Crippen molar-refractivity contribution in [3.05, 3.63) is 52.2 Å². The zero-order valence-corrected chi connectivity index (χ0v) is 19.2. The number of carbonyl (C=O) groups excluding carboxylic acids is 1. The van der Waals surface area contributed by atoms with Crippen molar-refractivity contribution in [1.29, 1.82) is 0 Å². The first-order chi connectivity index (χ1) is 15.1. The van der Waals surface area contributed by atoms with Crippen LogP contribution in [-0.4, -0.2) is 34.6 Å². The first kappa shape index (κ1) is 23.5. The molecular formula is C24H31N3O5. The number of nitro groups is 1. The molecule has 2 heterocycles. The maximum atomic E-state index is 12.1. The Labute approximate surface area is 188 Å². The fraction of sp³-hybridized carbons (Fsp3) is 0.500. The summed E-state index contributed by atoms with van der Waals surface area (Å²) in [6.45, 7) is 8.78. The quantitative estimate of drug-likeness (QED) is 0.321. The lowest BCUT2D eigenvalue weighted by molar-refractivity contribution is -0.384. The number of hydrogen-bond acceptors (Lipinski definition) is 7.